The van der Waals surface area contributed by atoms with Gasteiger partial charge in [-0.05, 0) is 63.7 Å². The molecule has 6 heteroatoms. The zero-order valence-electron chi connectivity index (χ0n) is 22.4. The van der Waals surface area contributed by atoms with Crippen LogP contribution in [0.4, 0.5) is 0 Å². The molecule has 194 valence electrons. The molecule has 1 aromatic rings. The van der Waals surface area contributed by atoms with Gasteiger partial charge in [0.2, 0.25) is 5.88 Å². The van der Waals surface area contributed by atoms with Gasteiger partial charge in [0.1, 0.15) is 0 Å². The van der Waals surface area contributed by atoms with E-state index in [4.69, 9.17) is 9.84 Å². The SMILES string of the molecule is CCC(CC(CC)(CC)n1c(O)cn(CC)c1=O)OCCCCC(CC)(CC)CCCCO. The number of aliphatic hydroxyl groups excluding tert-OH is 1. The second kappa shape index (κ2) is 14.9. The third-order valence-electron chi connectivity index (χ3n) is 8.20. The zero-order chi connectivity index (χ0) is 24.9. The number of aromatic hydroxyl groups is 1. The average molecular weight is 469 g/mol. The van der Waals surface area contributed by atoms with Gasteiger partial charge < -0.3 is 14.9 Å². The zero-order valence-corrected chi connectivity index (χ0v) is 22.4. The fourth-order valence-corrected chi connectivity index (χ4v) is 5.39. The lowest BCUT2D eigenvalue weighted by atomic mass is 9.74. The molecule has 2 N–H and O–H groups in total. The smallest absolute Gasteiger partial charge is 0.331 e. The highest BCUT2D eigenvalue weighted by atomic mass is 16.5. The number of ether oxygens (including phenoxy) is 1. The van der Waals surface area contributed by atoms with Crippen molar-refractivity contribution >= 4 is 0 Å². The summed E-state index contributed by atoms with van der Waals surface area (Å²) < 4.78 is 9.51. The molecule has 0 aromatic carbocycles. The molecular formula is C27H52N2O4. The summed E-state index contributed by atoms with van der Waals surface area (Å²) in [7, 11) is 0. The van der Waals surface area contributed by atoms with Crippen LogP contribution in [0.2, 0.25) is 0 Å². The molecule has 0 aliphatic rings. The molecule has 0 fully saturated rings. The Kier molecular flexibility index (Phi) is 13.4. The largest absolute Gasteiger partial charge is 0.493 e. The number of imidazole rings is 1. The quantitative estimate of drug-likeness (QED) is 0.236. The maximum absolute atomic E-state index is 12.9. The molecule has 0 aliphatic heterocycles. The molecule has 0 saturated heterocycles. The van der Waals surface area contributed by atoms with Gasteiger partial charge >= 0.3 is 5.69 Å². The fourth-order valence-electron chi connectivity index (χ4n) is 5.39. The summed E-state index contributed by atoms with van der Waals surface area (Å²) >= 11 is 0. The van der Waals surface area contributed by atoms with Crippen LogP contribution in [0.15, 0.2) is 11.0 Å². The summed E-state index contributed by atoms with van der Waals surface area (Å²) in [6.45, 7) is 14.4. The van der Waals surface area contributed by atoms with Gasteiger partial charge in [-0.15, -0.1) is 0 Å². The normalized spacial score (nSPS) is 13.5. The number of aromatic nitrogens is 2. The molecular weight excluding hydrogens is 416 g/mol. The van der Waals surface area contributed by atoms with Crippen LogP contribution in [0.1, 0.15) is 119 Å². The van der Waals surface area contributed by atoms with Gasteiger partial charge in [-0.1, -0.05) is 60.3 Å². The summed E-state index contributed by atoms with van der Waals surface area (Å²) in [5, 5.41) is 19.7. The Morgan fingerprint density at radius 2 is 1.55 bits per heavy atom. The predicted octanol–water partition coefficient (Wildman–Crippen LogP) is 6.22. The van der Waals surface area contributed by atoms with Crippen LogP contribution in [-0.2, 0) is 16.8 Å². The van der Waals surface area contributed by atoms with Crippen molar-refractivity contribution in [3.05, 3.63) is 16.7 Å². The highest BCUT2D eigenvalue weighted by molar-refractivity contribution is 5.11. The van der Waals surface area contributed by atoms with Gasteiger partial charge in [0.25, 0.3) is 0 Å². The minimum absolute atomic E-state index is 0.0528. The number of aryl methyl sites for hydroxylation is 1. The molecule has 0 aliphatic carbocycles. The first-order valence-electron chi connectivity index (χ1n) is 13.6. The van der Waals surface area contributed by atoms with Crippen molar-refractivity contribution in [1.82, 2.24) is 9.13 Å². The molecule has 1 atom stereocenters. The van der Waals surface area contributed by atoms with Crippen LogP contribution >= 0.6 is 0 Å². The van der Waals surface area contributed by atoms with Gasteiger partial charge in [0, 0.05) is 19.8 Å². The average Bonchev–Trinajstić information content (AvgIpc) is 3.13. The molecule has 0 bridgehead atoms. The van der Waals surface area contributed by atoms with Gasteiger partial charge in [0.15, 0.2) is 0 Å². The van der Waals surface area contributed by atoms with Crippen LogP contribution in [0.3, 0.4) is 0 Å². The Hall–Kier alpha value is -1.27. The number of unbranched alkanes of at least 4 members (excludes halogenated alkanes) is 2. The lowest BCUT2D eigenvalue weighted by Gasteiger charge is -2.36. The summed E-state index contributed by atoms with van der Waals surface area (Å²) in [6, 6.07) is 0. The second-order valence-corrected chi connectivity index (χ2v) is 9.77. The van der Waals surface area contributed by atoms with Crippen molar-refractivity contribution in [3.63, 3.8) is 0 Å². The molecule has 0 amide bonds. The Labute approximate surface area is 202 Å². The second-order valence-electron chi connectivity index (χ2n) is 9.77. The van der Waals surface area contributed by atoms with Crippen molar-refractivity contribution in [1.29, 1.82) is 0 Å². The van der Waals surface area contributed by atoms with Crippen LogP contribution in [0.5, 0.6) is 5.88 Å². The first kappa shape index (κ1) is 29.8. The Morgan fingerprint density at radius 1 is 0.939 bits per heavy atom. The number of nitrogens with zero attached hydrogens (tertiary/aromatic N) is 2. The van der Waals surface area contributed by atoms with Crippen molar-refractivity contribution in [2.45, 2.75) is 137 Å². The van der Waals surface area contributed by atoms with E-state index in [-0.39, 0.29) is 17.7 Å². The van der Waals surface area contributed by atoms with Crippen LogP contribution in [0, 0.1) is 5.41 Å². The van der Waals surface area contributed by atoms with E-state index in [1.807, 2.05) is 6.92 Å². The highest BCUT2D eigenvalue weighted by Crippen LogP contribution is 2.38. The summed E-state index contributed by atoms with van der Waals surface area (Å²) in [4.78, 5) is 12.9. The molecule has 1 unspecified atom stereocenters. The maximum atomic E-state index is 12.9. The molecule has 1 heterocycles. The third-order valence-corrected chi connectivity index (χ3v) is 8.20. The number of hydrogen-bond donors (Lipinski definition) is 2. The highest BCUT2D eigenvalue weighted by Gasteiger charge is 2.35. The van der Waals surface area contributed by atoms with Crippen molar-refractivity contribution < 1.29 is 14.9 Å². The van der Waals surface area contributed by atoms with E-state index < -0.39 is 5.54 Å². The lowest BCUT2D eigenvalue weighted by Crippen LogP contribution is -2.43. The van der Waals surface area contributed by atoms with E-state index >= 15 is 0 Å². The van der Waals surface area contributed by atoms with Crippen molar-refractivity contribution in [2.75, 3.05) is 13.2 Å². The van der Waals surface area contributed by atoms with Crippen LogP contribution < -0.4 is 5.69 Å². The van der Waals surface area contributed by atoms with Gasteiger partial charge in [-0.25, -0.2) is 4.79 Å². The number of hydrogen-bond acceptors (Lipinski definition) is 4. The van der Waals surface area contributed by atoms with Crippen molar-refractivity contribution in [2.24, 2.45) is 5.41 Å². The van der Waals surface area contributed by atoms with Crippen molar-refractivity contribution in [3.8, 4) is 5.88 Å². The molecule has 0 spiro atoms. The van der Waals surface area contributed by atoms with E-state index in [1.165, 1.54) is 25.7 Å². The number of aliphatic hydroxyl groups is 1. The lowest BCUT2D eigenvalue weighted by molar-refractivity contribution is 0.00793. The van der Waals surface area contributed by atoms with Crippen LogP contribution in [0.25, 0.3) is 0 Å². The first-order valence-corrected chi connectivity index (χ1v) is 13.6. The van der Waals surface area contributed by atoms with E-state index in [9.17, 15) is 9.90 Å². The van der Waals surface area contributed by atoms with E-state index in [0.29, 0.717) is 18.6 Å². The molecule has 1 aromatic heterocycles. The van der Waals surface area contributed by atoms with E-state index in [2.05, 4.69) is 34.6 Å². The standard InChI is InChI=1S/C27H52N2O4/c1-7-23(33-20-16-14-18-26(8-2,9-3)17-13-15-19-30)21-27(10-4,11-5)29-24(31)22-28(12-6)25(29)32/h22-23,30-31H,7-21H2,1-6H3. The minimum atomic E-state index is -0.436. The first-order chi connectivity index (χ1) is 15.8. The molecule has 33 heavy (non-hydrogen) atoms. The van der Waals surface area contributed by atoms with Gasteiger partial charge in [-0.3, -0.25) is 9.13 Å². The van der Waals surface area contributed by atoms with E-state index in [1.54, 1.807) is 15.3 Å². The van der Waals surface area contributed by atoms with Gasteiger partial charge in [-0.2, -0.15) is 0 Å². The van der Waals surface area contributed by atoms with E-state index in [0.717, 1.165) is 58.0 Å². The van der Waals surface area contributed by atoms with Gasteiger partial charge in [0.05, 0.1) is 17.8 Å². The Balaban J connectivity index is 2.72. The third kappa shape index (κ3) is 7.88. The number of rotatable bonds is 19. The summed E-state index contributed by atoms with van der Waals surface area (Å²) in [5.74, 6) is 0.0528. The monoisotopic (exact) mass is 468 g/mol. The Morgan fingerprint density at radius 3 is 2.00 bits per heavy atom. The predicted molar refractivity (Wildman–Crippen MR) is 137 cm³/mol. The molecule has 0 saturated carbocycles. The van der Waals surface area contributed by atoms with Crippen LogP contribution in [-0.4, -0.2) is 38.7 Å². The Bertz CT molecular complexity index is 701. The molecule has 6 nitrogen and oxygen atoms in total. The molecule has 1 rings (SSSR count). The topological polar surface area (TPSA) is 76.6 Å². The fraction of sp³-hybridized carbons (Fsp3) is 0.889. The molecule has 0 radical (unpaired) electrons. The maximum Gasteiger partial charge on any atom is 0.331 e. The minimum Gasteiger partial charge on any atom is -0.493 e. The summed E-state index contributed by atoms with van der Waals surface area (Å²) in [5.41, 5.74) is -0.177. The summed E-state index contributed by atoms with van der Waals surface area (Å²) in [6.07, 6.45) is 13.8.